The van der Waals surface area contributed by atoms with Gasteiger partial charge in [-0.25, -0.2) is 4.79 Å². The van der Waals surface area contributed by atoms with Crippen molar-refractivity contribution in [1.82, 2.24) is 10.2 Å². The van der Waals surface area contributed by atoms with E-state index in [4.69, 9.17) is 4.74 Å². The Morgan fingerprint density at radius 3 is 2.12 bits per heavy atom. The van der Waals surface area contributed by atoms with Gasteiger partial charge in [0.1, 0.15) is 17.7 Å². The molecule has 0 heterocycles. The summed E-state index contributed by atoms with van der Waals surface area (Å²) in [7, 11) is 0. The third-order valence-corrected chi connectivity index (χ3v) is 7.21. The molecule has 3 rings (SSSR count). The van der Waals surface area contributed by atoms with E-state index in [1.165, 1.54) is 0 Å². The number of hydrogen-bond donors (Lipinski definition) is 3. The van der Waals surface area contributed by atoms with Gasteiger partial charge in [-0.3, -0.25) is 9.59 Å². The molecule has 2 unspecified atom stereocenters. The average molecular weight is 564 g/mol. The smallest absolute Gasteiger partial charge is 0.408 e. The van der Waals surface area contributed by atoms with Gasteiger partial charge in [0.25, 0.3) is 5.91 Å². The molecule has 0 fully saturated rings. The Bertz CT molecular complexity index is 1350. The van der Waals surface area contributed by atoms with Crippen molar-refractivity contribution in [2.24, 2.45) is 0 Å². The Morgan fingerprint density at radius 1 is 0.925 bits per heavy atom. The van der Waals surface area contributed by atoms with Gasteiger partial charge in [-0.05, 0) is 76.4 Å². The number of anilines is 1. The zero-order valence-corrected chi connectivity index (χ0v) is 25.3. The largest absolute Gasteiger partial charge is 0.444 e. The summed E-state index contributed by atoms with van der Waals surface area (Å²) in [5, 5.41) is 7.76. The second-order valence-corrected chi connectivity index (χ2v) is 12.0. The van der Waals surface area contributed by atoms with Crippen LogP contribution >= 0.6 is 12.6 Å². The van der Waals surface area contributed by atoms with Crippen LogP contribution in [0.25, 0.3) is 10.8 Å². The topological polar surface area (TPSA) is 87.7 Å². The lowest BCUT2D eigenvalue weighted by Crippen LogP contribution is -2.59. The van der Waals surface area contributed by atoms with Gasteiger partial charge in [0, 0.05) is 17.0 Å². The summed E-state index contributed by atoms with van der Waals surface area (Å²) in [6.07, 6.45) is -0.155. The normalized spacial score (nSPS) is 13.3. The number of nitrogens with zero attached hydrogens (tertiary/aromatic N) is 1. The van der Waals surface area contributed by atoms with E-state index in [0.717, 1.165) is 16.3 Å². The molecule has 7 nitrogen and oxygen atoms in total. The zero-order valence-electron chi connectivity index (χ0n) is 24.4. The molecule has 0 saturated carbocycles. The van der Waals surface area contributed by atoms with Gasteiger partial charge in [0.15, 0.2) is 0 Å². The number of nitrogens with one attached hydrogen (secondary N) is 2. The maximum atomic E-state index is 14.2. The van der Waals surface area contributed by atoms with E-state index in [1.54, 1.807) is 25.7 Å². The Labute approximate surface area is 243 Å². The highest BCUT2D eigenvalue weighted by molar-refractivity contribution is 7.80. The van der Waals surface area contributed by atoms with Crippen LogP contribution in [0.5, 0.6) is 0 Å². The maximum Gasteiger partial charge on any atom is 0.408 e. The lowest BCUT2D eigenvalue weighted by Gasteiger charge is -2.44. The number of aryl methyl sites for hydroxylation is 1. The molecule has 0 spiro atoms. The van der Waals surface area contributed by atoms with Crippen molar-refractivity contribution in [2.75, 3.05) is 11.1 Å². The van der Waals surface area contributed by atoms with Gasteiger partial charge in [-0.2, -0.15) is 12.6 Å². The highest BCUT2D eigenvalue weighted by Crippen LogP contribution is 2.33. The first-order valence-electron chi connectivity index (χ1n) is 13.6. The lowest BCUT2D eigenvalue weighted by atomic mass is 9.91. The van der Waals surface area contributed by atoms with Crippen LogP contribution in [0.4, 0.5) is 10.5 Å². The lowest BCUT2D eigenvalue weighted by molar-refractivity contribution is -0.147. The standard InChI is InChI=1S/C32H41N3O4S/c1-8-32(6,7)35(29(37)26(20-40)34-30(38)39-31(3,4)5)27(23-15-13-21(2)14-16-23)28(36)33-25-18-17-22-11-9-10-12-24(22)19-25/h9-19,26-27,40H,8,20H2,1-7H3,(H,33,36)(H,34,38). The average Bonchev–Trinajstić information content (AvgIpc) is 2.89. The summed E-state index contributed by atoms with van der Waals surface area (Å²) >= 11 is 4.38. The summed E-state index contributed by atoms with van der Waals surface area (Å²) < 4.78 is 5.40. The molecule has 2 N–H and O–H groups in total. The molecule has 0 aliphatic carbocycles. The molecule has 40 heavy (non-hydrogen) atoms. The number of hydrogen-bond acceptors (Lipinski definition) is 5. The molecule has 3 aromatic carbocycles. The number of fused-ring (bicyclic) bond motifs is 1. The van der Waals surface area contributed by atoms with Gasteiger partial charge >= 0.3 is 6.09 Å². The van der Waals surface area contributed by atoms with Crippen LogP contribution in [0.3, 0.4) is 0 Å². The van der Waals surface area contributed by atoms with Crippen LogP contribution in [-0.4, -0.2) is 45.7 Å². The van der Waals surface area contributed by atoms with E-state index >= 15 is 0 Å². The molecule has 2 atom stereocenters. The fraction of sp³-hybridized carbons (Fsp3) is 0.406. The Morgan fingerprint density at radius 2 is 1.55 bits per heavy atom. The molecule has 0 saturated heterocycles. The van der Waals surface area contributed by atoms with Gasteiger partial charge in [0.2, 0.25) is 5.91 Å². The second kappa shape index (κ2) is 12.8. The molecular formula is C32H41N3O4S. The third-order valence-electron chi connectivity index (χ3n) is 6.84. The van der Waals surface area contributed by atoms with Gasteiger partial charge in [-0.1, -0.05) is 67.1 Å². The molecule has 0 radical (unpaired) electrons. The van der Waals surface area contributed by atoms with E-state index in [1.807, 2.05) is 94.4 Å². The van der Waals surface area contributed by atoms with Crippen molar-refractivity contribution >= 4 is 47.0 Å². The number of alkyl carbamates (subject to hydrolysis) is 1. The van der Waals surface area contributed by atoms with Gasteiger partial charge < -0.3 is 20.3 Å². The summed E-state index contributed by atoms with van der Waals surface area (Å²) in [6, 6.07) is 19.2. The number of benzene rings is 3. The predicted octanol–water partition coefficient (Wildman–Crippen LogP) is 6.67. The monoisotopic (exact) mass is 563 g/mol. The van der Waals surface area contributed by atoms with Crippen molar-refractivity contribution in [3.8, 4) is 0 Å². The number of rotatable bonds is 9. The summed E-state index contributed by atoms with van der Waals surface area (Å²) in [4.78, 5) is 42.5. The van der Waals surface area contributed by atoms with Crippen molar-refractivity contribution in [1.29, 1.82) is 0 Å². The quantitative estimate of drug-likeness (QED) is 0.254. The first-order valence-corrected chi connectivity index (χ1v) is 14.2. The molecule has 3 aromatic rings. The van der Waals surface area contributed by atoms with Crippen LogP contribution in [0.15, 0.2) is 66.7 Å². The fourth-order valence-corrected chi connectivity index (χ4v) is 4.64. The number of amides is 3. The van der Waals surface area contributed by atoms with Crippen molar-refractivity contribution in [3.63, 3.8) is 0 Å². The van der Waals surface area contributed by atoms with Crippen LogP contribution in [0.1, 0.15) is 65.1 Å². The third kappa shape index (κ3) is 7.78. The van der Waals surface area contributed by atoms with Crippen LogP contribution in [-0.2, 0) is 14.3 Å². The Kier molecular flexibility index (Phi) is 9.90. The van der Waals surface area contributed by atoms with E-state index in [0.29, 0.717) is 17.7 Å². The molecule has 0 aliphatic heterocycles. The minimum Gasteiger partial charge on any atom is -0.444 e. The first-order chi connectivity index (χ1) is 18.8. The fourth-order valence-electron chi connectivity index (χ4n) is 4.39. The molecule has 3 amide bonds. The molecular weight excluding hydrogens is 522 g/mol. The van der Waals surface area contributed by atoms with Crippen molar-refractivity contribution < 1.29 is 19.1 Å². The molecule has 214 valence electrons. The summed E-state index contributed by atoms with van der Waals surface area (Å²) in [5.74, 6) is -0.752. The number of thiol groups is 1. The van der Waals surface area contributed by atoms with E-state index in [-0.39, 0.29) is 11.7 Å². The number of carbonyl (C=O) groups excluding carboxylic acids is 3. The molecule has 8 heteroatoms. The highest BCUT2D eigenvalue weighted by Gasteiger charge is 2.43. The number of ether oxygens (including phenoxy) is 1. The van der Waals surface area contributed by atoms with Gasteiger partial charge in [-0.15, -0.1) is 0 Å². The van der Waals surface area contributed by atoms with Crippen molar-refractivity contribution in [3.05, 3.63) is 77.9 Å². The summed E-state index contributed by atoms with van der Waals surface area (Å²) in [6.45, 7) is 13.0. The maximum absolute atomic E-state index is 14.2. The Hall–Kier alpha value is -3.52. The van der Waals surface area contributed by atoms with Gasteiger partial charge in [0.05, 0.1) is 0 Å². The van der Waals surface area contributed by atoms with E-state index in [2.05, 4.69) is 23.3 Å². The van der Waals surface area contributed by atoms with E-state index in [9.17, 15) is 14.4 Å². The molecule has 0 bridgehead atoms. The van der Waals surface area contributed by atoms with Crippen LogP contribution < -0.4 is 10.6 Å². The minimum absolute atomic E-state index is 0.0290. The zero-order chi connectivity index (χ0) is 29.7. The summed E-state index contributed by atoms with van der Waals surface area (Å²) in [5.41, 5.74) is 0.837. The minimum atomic E-state index is -1.01. The SMILES string of the molecule is CCC(C)(C)N(C(=O)C(CS)NC(=O)OC(C)(C)C)C(C(=O)Nc1ccc2ccccc2c1)c1ccc(C)cc1. The van der Waals surface area contributed by atoms with Crippen molar-refractivity contribution in [2.45, 2.75) is 78.1 Å². The van der Waals surface area contributed by atoms with Crippen LogP contribution in [0, 0.1) is 6.92 Å². The first kappa shape index (κ1) is 31.0. The highest BCUT2D eigenvalue weighted by atomic mass is 32.1. The Balaban J connectivity index is 2.05. The second-order valence-electron chi connectivity index (χ2n) is 11.6. The molecule has 0 aliphatic rings. The van der Waals surface area contributed by atoms with Crippen LogP contribution in [0.2, 0.25) is 0 Å². The van der Waals surface area contributed by atoms with E-state index < -0.39 is 35.2 Å². The molecule has 0 aromatic heterocycles. The predicted molar refractivity (Wildman–Crippen MR) is 165 cm³/mol. The number of carbonyl (C=O) groups is 3.